The minimum absolute atomic E-state index is 0.0147. The monoisotopic (exact) mass is 374 g/mol. The average molecular weight is 375 g/mol. The number of carbonyl (C=O) groups is 2. The fourth-order valence-corrected chi connectivity index (χ4v) is 3.37. The van der Waals surface area contributed by atoms with Gasteiger partial charge < -0.3 is 0 Å². The Morgan fingerprint density at radius 2 is 1.92 bits per heavy atom. The van der Waals surface area contributed by atoms with E-state index < -0.39 is 16.1 Å². The molecule has 0 saturated carbocycles. The third-order valence-corrected chi connectivity index (χ3v) is 4.62. The highest BCUT2D eigenvalue weighted by Crippen LogP contribution is 2.33. The van der Waals surface area contributed by atoms with Gasteiger partial charge in [0, 0.05) is 17.2 Å². The number of imide groups is 1. The van der Waals surface area contributed by atoms with Crippen LogP contribution in [0.15, 0.2) is 53.4 Å². The Kier molecular flexibility index (Phi) is 4.87. The Labute approximate surface area is 152 Å². The average Bonchev–Trinajstić information content (AvgIpc) is 2.83. The molecule has 1 heterocycles. The smallest absolute Gasteiger partial charge is 0.268 e. The zero-order valence-electron chi connectivity index (χ0n) is 12.7. The van der Waals surface area contributed by atoms with Crippen LogP contribution in [0, 0.1) is 10.1 Å². The summed E-state index contributed by atoms with van der Waals surface area (Å²) in [6, 6.07) is 12.8. The fraction of sp³-hybridized carbons (Fsp3) is 0.0588. The molecule has 0 aliphatic carbocycles. The number of benzene rings is 2. The Morgan fingerprint density at radius 3 is 2.64 bits per heavy atom. The van der Waals surface area contributed by atoms with Crippen molar-refractivity contribution in [1.82, 2.24) is 4.90 Å². The summed E-state index contributed by atoms with van der Waals surface area (Å²) in [6.45, 7) is -0.0147. The van der Waals surface area contributed by atoms with Crippen molar-refractivity contribution in [2.24, 2.45) is 0 Å². The molecule has 2 aromatic carbocycles. The lowest BCUT2D eigenvalue weighted by Gasteiger charge is -2.12. The van der Waals surface area contributed by atoms with E-state index in [0.717, 1.165) is 16.7 Å². The van der Waals surface area contributed by atoms with Crippen LogP contribution in [-0.2, 0) is 11.3 Å². The predicted molar refractivity (Wildman–Crippen MR) is 96.1 cm³/mol. The summed E-state index contributed by atoms with van der Waals surface area (Å²) in [5.41, 5.74) is 1.15. The van der Waals surface area contributed by atoms with Crippen LogP contribution < -0.4 is 0 Å². The normalized spacial score (nSPS) is 15.9. The molecule has 1 saturated heterocycles. The van der Waals surface area contributed by atoms with Gasteiger partial charge in [-0.15, -0.1) is 0 Å². The summed E-state index contributed by atoms with van der Waals surface area (Å²) in [5, 5.41) is 11.0. The Bertz CT molecular complexity index is 913. The molecule has 6 nitrogen and oxygen atoms in total. The first kappa shape index (κ1) is 17.2. The van der Waals surface area contributed by atoms with Crippen LogP contribution in [-0.4, -0.2) is 21.0 Å². The van der Waals surface area contributed by atoms with E-state index >= 15 is 0 Å². The van der Waals surface area contributed by atoms with E-state index in [-0.39, 0.29) is 17.1 Å². The quantitative estimate of drug-likeness (QED) is 0.447. The van der Waals surface area contributed by atoms with E-state index in [2.05, 4.69) is 0 Å². The topological polar surface area (TPSA) is 80.5 Å². The lowest BCUT2D eigenvalue weighted by atomic mass is 10.2. The standard InChI is InChI=1S/C17H11ClN2O4S/c18-13-5-1-3-11(7-13)9-15-16(21)19(17(22)25-15)10-12-4-2-6-14(8-12)20(23)24/h1-9H,10H2. The number of nitrogens with zero attached hydrogens (tertiary/aromatic N) is 2. The molecular formula is C17H11ClN2O4S. The second-order valence-electron chi connectivity index (χ2n) is 5.25. The number of thioether (sulfide) groups is 1. The maximum absolute atomic E-state index is 12.5. The van der Waals surface area contributed by atoms with Gasteiger partial charge >= 0.3 is 0 Å². The molecule has 0 unspecified atom stereocenters. The zero-order valence-corrected chi connectivity index (χ0v) is 14.3. The summed E-state index contributed by atoms with van der Waals surface area (Å²) in [6.07, 6.45) is 1.60. The molecular weight excluding hydrogens is 364 g/mol. The van der Waals surface area contributed by atoms with Gasteiger partial charge in [0.1, 0.15) is 0 Å². The van der Waals surface area contributed by atoms with Gasteiger partial charge in [-0.3, -0.25) is 24.6 Å². The lowest BCUT2D eigenvalue weighted by molar-refractivity contribution is -0.384. The van der Waals surface area contributed by atoms with Gasteiger partial charge in [-0.25, -0.2) is 0 Å². The highest BCUT2D eigenvalue weighted by Gasteiger charge is 2.35. The number of hydrogen-bond donors (Lipinski definition) is 0. The van der Waals surface area contributed by atoms with Crippen molar-refractivity contribution >= 4 is 46.3 Å². The molecule has 2 aromatic rings. The predicted octanol–water partition coefficient (Wildman–Crippen LogP) is 4.48. The van der Waals surface area contributed by atoms with E-state index in [4.69, 9.17) is 11.6 Å². The Hall–Kier alpha value is -2.64. The van der Waals surface area contributed by atoms with Crippen LogP contribution in [0.3, 0.4) is 0 Å². The maximum atomic E-state index is 12.5. The number of nitro benzene ring substituents is 1. The first-order valence-corrected chi connectivity index (χ1v) is 8.38. The summed E-state index contributed by atoms with van der Waals surface area (Å²) >= 11 is 6.75. The number of carbonyl (C=O) groups excluding carboxylic acids is 2. The maximum Gasteiger partial charge on any atom is 0.293 e. The van der Waals surface area contributed by atoms with Crippen LogP contribution in [0.5, 0.6) is 0 Å². The number of rotatable bonds is 4. The minimum atomic E-state index is -0.518. The molecule has 0 spiro atoms. The van der Waals surface area contributed by atoms with Crippen molar-refractivity contribution in [3.05, 3.63) is 79.7 Å². The van der Waals surface area contributed by atoms with Crippen LogP contribution >= 0.6 is 23.4 Å². The number of amides is 2. The molecule has 8 heteroatoms. The number of hydrogen-bond acceptors (Lipinski definition) is 5. The van der Waals surface area contributed by atoms with Crippen molar-refractivity contribution in [1.29, 1.82) is 0 Å². The van der Waals surface area contributed by atoms with E-state index in [1.165, 1.54) is 18.2 Å². The van der Waals surface area contributed by atoms with Crippen LogP contribution in [0.4, 0.5) is 10.5 Å². The SMILES string of the molecule is O=C1SC(=Cc2cccc(Cl)c2)C(=O)N1Cc1cccc([N+](=O)[O-])c1. The Morgan fingerprint density at radius 1 is 1.16 bits per heavy atom. The first-order chi connectivity index (χ1) is 11.9. The van der Waals surface area contributed by atoms with Gasteiger partial charge in [-0.1, -0.05) is 35.9 Å². The largest absolute Gasteiger partial charge is 0.293 e. The van der Waals surface area contributed by atoms with Crippen LogP contribution in [0.1, 0.15) is 11.1 Å². The van der Waals surface area contributed by atoms with E-state index in [1.54, 1.807) is 36.4 Å². The molecule has 1 fully saturated rings. The highest BCUT2D eigenvalue weighted by molar-refractivity contribution is 8.18. The van der Waals surface area contributed by atoms with Crippen molar-refractivity contribution in [3.63, 3.8) is 0 Å². The molecule has 126 valence electrons. The summed E-state index contributed by atoms with van der Waals surface area (Å²) in [7, 11) is 0. The van der Waals surface area contributed by atoms with Crippen molar-refractivity contribution < 1.29 is 14.5 Å². The number of non-ortho nitro benzene ring substituents is 1. The van der Waals surface area contributed by atoms with E-state index in [1.807, 2.05) is 0 Å². The molecule has 1 aliphatic heterocycles. The van der Waals surface area contributed by atoms with Crippen molar-refractivity contribution in [2.45, 2.75) is 6.54 Å². The molecule has 2 amide bonds. The third kappa shape index (κ3) is 3.89. The second-order valence-corrected chi connectivity index (χ2v) is 6.68. The Balaban J connectivity index is 1.82. The van der Waals surface area contributed by atoms with Crippen molar-refractivity contribution in [3.8, 4) is 0 Å². The van der Waals surface area contributed by atoms with Crippen LogP contribution in [0.25, 0.3) is 6.08 Å². The molecule has 0 bridgehead atoms. The number of halogens is 1. The van der Waals surface area contributed by atoms with Crippen molar-refractivity contribution in [2.75, 3.05) is 0 Å². The van der Waals surface area contributed by atoms with Gasteiger partial charge in [0.25, 0.3) is 16.8 Å². The third-order valence-electron chi connectivity index (χ3n) is 3.48. The molecule has 0 aromatic heterocycles. The molecule has 0 N–H and O–H groups in total. The zero-order chi connectivity index (χ0) is 18.0. The van der Waals surface area contributed by atoms with Gasteiger partial charge in [0.15, 0.2) is 0 Å². The minimum Gasteiger partial charge on any atom is -0.268 e. The summed E-state index contributed by atoms with van der Waals surface area (Å²) < 4.78 is 0. The van der Waals surface area contributed by atoms with Gasteiger partial charge in [0.2, 0.25) is 0 Å². The van der Waals surface area contributed by atoms with Gasteiger partial charge in [0.05, 0.1) is 16.4 Å². The summed E-state index contributed by atoms with van der Waals surface area (Å²) in [5.74, 6) is -0.429. The fourth-order valence-electron chi connectivity index (χ4n) is 2.33. The van der Waals surface area contributed by atoms with Gasteiger partial charge in [-0.05, 0) is 41.1 Å². The van der Waals surface area contributed by atoms with E-state index in [9.17, 15) is 19.7 Å². The molecule has 25 heavy (non-hydrogen) atoms. The first-order valence-electron chi connectivity index (χ1n) is 7.18. The van der Waals surface area contributed by atoms with Gasteiger partial charge in [-0.2, -0.15) is 0 Å². The number of nitro groups is 1. The van der Waals surface area contributed by atoms with E-state index in [0.29, 0.717) is 16.1 Å². The highest BCUT2D eigenvalue weighted by atomic mass is 35.5. The second kappa shape index (κ2) is 7.08. The lowest BCUT2D eigenvalue weighted by Crippen LogP contribution is -2.27. The summed E-state index contributed by atoms with van der Waals surface area (Å²) in [4.78, 5) is 36.3. The van der Waals surface area contributed by atoms with Crippen LogP contribution in [0.2, 0.25) is 5.02 Å². The molecule has 3 rings (SSSR count). The molecule has 0 atom stereocenters. The molecule has 1 aliphatic rings. The molecule has 0 radical (unpaired) electrons.